The number of hydrogen-bond acceptors (Lipinski definition) is 5. The van der Waals surface area contributed by atoms with Crippen molar-refractivity contribution >= 4 is 50.5 Å². The van der Waals surface area contributed by atoms with Crippen LogP contribution in [-0.2, 0) is 10.0 Å². The predicted octanol–water partition coefficient (Wildman–Crippen LogP) is 5.35. The highest BCUT2D eigenvalue weighted by Crippen LogP contribution is 2.30. The molecule has 3 aromatic rings. The maximum atomic E-state index is 13.6. The van der Waals surface area contributed by atoms with E-state index in [2.05, 4.69) is 11.5 Å². The van der Waals surface area contributed by atoms with Crippen molar-refractivity contribution in [1.29, 1.82) is 0 Å². The van der Waals surface area contributed by atoms with Crippen molar-refractivity contribution < 1.29 is 17.9 Å². The second-order valence-electron chi connectivity index (χ2n) is 8.40. The van der Waals surface area contributed by atoms with Crippen LogP contribution < -0.4 is 13.9 Å². The molecule has 4 rings (SSSR count). The van der Waals surface area contributed by atoms with Crippen LogP contribution in [0.2, 0.25) is 10.0 Å². The molecule has 1 aliphatic heterocycles. The van der Waals surface area contributed by atoms with E-state index in [0.717, 1.165) is 5.69 Å². The number of amides is 1. The lowest BCUT2D eigenvalue weighted by Crippen LogP contribution is -2.49. The van der Waals surface area contributed by atoms with Crippen LogP contribution in [0.15, 0.2) is 84.3 Å². The maximum Gasteiger partial charge on any atom is 0.264 e. The number of halogens is 2. The van der Waals surface area contributed by atoms with Crippen molar-refractivity contribution in [3.8, 4) is 5.75 Å². The highest BCUT2D eigenvalue weighted by atomic mass is 35.5. The summed E-state index contributed by atoms with van der Waals surface area (Å²) in [6.07, 6.45) is 1.50. The molecule has 10 heteroatoms. The molecule has 1 heterocycles. The molecule has 0 N–H and O–H groups in total. The molecule has 0 unspecified atom stereocenters. The minimum atomic E-state index is -4.02. The number of methoxy groups -OCH3 is 1. The third-order valence-corrected chi connectivity index (χ3v) is 8.61. The van der Waals surface area contributed by atoms with Gasteiger partial charge in [0.25, 0.3) is 15.9 Å². The number of ether oxygens (including phenoxy) is 1. The second-order valence-corrected chi connectivity index (χ2v) is 11.1. The first-order chi connectivity index (χ1) is 17.8. The van der Waals surface area contributed by atoms with Crippen LogP contribution in [0, 0.1) is 0 Å². The number of nitrogens with zero attached hydrogens (tertiary/aromatic N) is 3. The molecular weight excluding hydrogens is 533 g/mol. The van der Waals surface area contributed by atoms with Gasteiger partial charge < -0.3 is 14.5 Å². The van der Waals surface area contributed by atoms with Gasteiger partial charge in [-0.2, -0.15) is 0 Å². The minimum Gasteiger partial charge on any atom is -0.497 e. The number of piperazine rings is 1. The Balaban J connectivity index is 1.57. The Bertz CT molecular complexity index is 1390. The number of rotatable bonds is 8. The molecule has 1 fully saturated rings. The molecule has 0 radical (unpaired) electrons. The quantitative estimate of drug-likeness (QED) is 0.348. The molecule has 37 heavy (non-hydrogen) atoms. The van der Waals surface area contributed by atoms with Crippen molar-refractivity contribution in [1.82, 2.24) is 4.90 Å². The van der Waals surface area contributed by atoms with Gasteiger partial charge in [0.2, 0.25) is 0 Å². The Morgan fingerprint density at radius 3 is 2.30 bits per heavy atom. The Kier molecular flexibility index (Phi) is 8.32. The van der Waals surface area contributed by atoms with Crippen molar-refractivity contribution in [3.63, 3.8) is 0 Å². The number of hydrogen-bond donors (Lipinski definition) is 0. The van der Waals surface area contributed by atoms with Gasteiger partial charge in [-0.25, -0.2) is 8.42 Å². The average Bonchev–Trinajstić information content (AvgIpc) is 2.92. The van der Waals surface area contributed by atoms with Gasteiger partial charge in [0.15, 0.2) is 0 Å². The van der Waals surface area contributed by atoms with E-state index in [-0.39, 0.29) is 27.9 Å². The van der Waals surface area contributed by atoms with Gasteiger partial charge in [-0.05, 0) is 54.6 Å². The van der Waals surface area contributed by atoms with E-state index >= 15 is 0 Å². The van der Waals surface area contributed by atoms with Crippen molar-refractivity contribution in [3.05, 3.63) is 95.0 Å². The first-order valence-corrected chi connectivity index (χ1v) is 13.8. The molecular formula is C27H27Cl2N3O4S. The zero-order valence-electron chi connectivity index (χ0n) is 20.3. The van der Waals surface area contributed by atoms with Crippen LogP contribution in [0.5, 0.6) is 5.75 Å². The summed E-state index contributed by atoms with van der Waals surface area (Å²) < 4.78 is 33.7. The lowest BCUT2D eigenvalue weighted by Gasteiger charge is -2.36. The summed E-state index contributed by atoms with van der Waals surface area (Å²) in [5, 5.41) is 0.848. The number of carbonyl (C=O) groups excluding carboxylic acids is 1. The molecule has 0 aromatic heterocycles. The third-order valence-electron chi connectivity index (χ3n) is 6.17. The summed E-state index contributed by atoms with van der Waals surface area (Å²) in [6.45, 7) is 5.83. The predicted molar refractivity (Wildman–Crippen MR) is 149 cm³/mol. The van der Waals surface area contributed by atoms with Crippen LogP contribution in [0.25, 0.3) is 0 Å². The van der Waals surface area contributed by atoms with Crippen molar-refractivity contribution in [2.75, 3.05) is 49.0 Å². The van der Waals surface area contributed by atoms with Gasteiger partial charge >= 0.3 is 0 Å². The molecule has 0 aliphatic carbocycles. The van der Waals surface area contributed by atoms with Gasteiger partial charge in [-0.3, -0.25) is 9.10 Å². The molecule has 1 aliphatic rings. The minimum absolute atomic E-state index is 0.0346. The normalized spacial score (nSPS) is 13.8. The van der Waals surface area contributed by atoms with Crippen LogP contribution in [-0.4, -0.2) is 59.1 Å². The van der Waals surface area contributed by atoms with E-state index < -0.39 is 10.0 Å². The molecule has 3 aromatic carbocycles. The number of carbonyl (C=O) groups is 1. The van der Waals surface area contributed by atoms with Crippen molar-refractivity contribution in [2.24, 2.45) is 0 Å². The second kappa shape index (κ2) is 11.5. The summed E-state index contributed by atoms with van der Waals surface area (Å²) >= 11 is 12.7. The van der Waals surface area contributed by atoms with E-state index in [9.17, 15) is 13.2 Å². The standard InChI is InChI=1S/C27H27Cl2N3O4S/c1-3-14-32(20-8-10-21(36-2)11-9-20)37(34,35)22-12-13-24(28)23(19-22)27(33)31-17-15-30(16-18-31)26-7-5-4-6-25(26)29/h3-13,19H,1,14-18H2,2H3. The lowest BCUT2D eigenvalue weighted by atomic mass is 10.1. The highest BCUT2D eigenvalue weighted by Gasteiger charge is 2.29. The number of benzene rings is 3. The summed E-state index contributed by atoms with van der Waals surface area (Å²) in [7, 11) is -2.48. The fraction of sp³-hybridized carbons (Fsp3) is 0.222. The highest BCUT2D eigenvalue weighted by molar-refractivity contribution is 7.92. The van der Waals surface area contributed by atoms with Crippen LogP contribution >= 0.6 is 23.2 Å². The SMILES string of the molecule is C=CCN(c1ccc(OC)cc1)S(=O)(=O)c1ccc(Cl)c(C(=O)N2CCN(c3ccccc3Cl)CC2)c1. The molecule has 0 bridgehead atoms. The molecule has 0 saturated carbocycles. The van der Waals surface area contributed by atoms with Gasteiger partial charge in [0, 0.05) is 26.2 Å². The fourth-order valence-corrected chi connectivity index (χ4v) is 6.11. The van der Waals surface area contributed by atoms with Crippen molar-refractivity contribution in [2.45, 2.75) is 4.90 Å². The molecule has 0 atom stereocenters. The Morgan fingerprint density at radius 2 is 1.68 bits per heavy atom. The van der Waals surface area contributed by atoms with Gasteiger partial charge in [0.05, 0.1) is 45.5 Å². The number of sulfonamides is 1. The average molecular weight is 561 g/mol. The summed E-state index contributed by atoms with van der Waals surface area (Å²) in [5.74, 6) is 0.286. The zero-order valence-corrected chi connectivity index (χ0v) is 22.6. The van der Waals surface area contributed by atoms with Gasteiger partial charge in [-0.15, -0.1) is 6.58 Å². The first-order valence-electron chi connectivity index (χ1n) is 11.6. The van der Waals surface area contributed by atoms with Gasteiger partial charge in [0.1, 0.15) is 5.75 Å². The number of anilines is 2. The number of para-hydroxylation sites is 1. The van der Waals surface area contributed by atoms with Crippen LogP contribution in [0.3, 0.4) is 0 Å². The Morgan fingerprint density at radius 1 is 1.00 bits per heavy atom. The topological polar surface area (TPSA) is 70.2 Å². The largest absolute Gasteiger partial charge is 0.497 e. The lowest BCUT2D eigenvalue weighted by molar-refractivity contribution is 0.0746. The zero-order chi connectivity index (χ0) is 26.6. The smallest absolute Gasteiger partial charge is 0.264 e. The Labute approximate surface area is 227 Å². The van der Waals surface area contributed by atoms with Crippen LogP contribution in [0.1, 0.15) is 10.4 Å². The van der Waals surface area contributed by atoms with E-state index in [0.29, 0.717) is 42.6 Å². The fourth-order valence-electron chi connectivity index (χ4n) is 4.19. The van der Waals surface area contributed by atoms with Crippen LogP contribution in [0.4, 0.5) is 11.4 Å². The van der Waals surface area contributed by atoms with E-state index in [1.807, 2.05) is 24.3 Å². The first kappa shape index (κ1) is 26.9. The third kappa shape index (κ3) is 5.71. The molecule has 194 valence electrons. The summed E-state index contributed by atoms with van der Waals surface area (Å²) in [5.41, 5.74) is 1.50. The maximum absolute atomic E-state index is 13.6. The molecule has 1 amide bonds. The molecule has 7 nitrogen and oxygen atoms in total. The van der Waals surface area contributed by atoms with E-state index in [1.54, 1.807) is 29.2 Å². The monoisotopic (exact) mass is 559 g/mol. The molecule has 0 spiro atoms. The van der Waals surface area contributed by atoms with E-state index in [4.69, 9.17) is 27.9 Å². The Hall–Kier alpha value is -3.20. The van der Waals surface area contributed by atoms with Gasteiger partial charge in [-0.1, -0.05) is 41.4 Å². The summed E-state index contributed by atoms with van der Waals surface area (Å²) in [4.78, 5) is 17.2. The summed E-state index contributed by atoms with van der Waals surface area (Å²) in [6, 6.07) is 18.4. The molecule has 1 saturated heterocycles. The van der Waals surface area contributed by atoms with E-state index in [1.165, 1.54) is 35.7 Å².